The Morgan fingerprint density at radius 1 is 0.781 bits per heavy atom. The first kappa shape index (κ1) is 23.9. The normalized spacial score (nSPS) is 12.5. The first-order chi connectivity index (χ1) is 14.8. The lowest BCUT2D eigenvalue weighted by molar-refractivity contribution is -0.143. The van der Waals surface area contributed by atoms with Gasteiger partial charge in [-0.1, -0.05) is 34.1 Å². The molecule has 170 valence electrons. The fraction of sp³-hybridized carbons (Fsp3) is 0.100. The van der Waals surface area contributed by atoms with Crippen LogP contribution in [0.1, 0.15) is 11.1 Å². The molecular weight excluding hydrogens is 528 g/mol. The Morgan fingerprint density at radius 3 is 1.88 bits per heavy atom. The van der Waals surface area contributed by atoms with Crippen molar-refractivity contribution in [2.75, 3.05) is 4.72 Å². The maximum Gasteiger partial charge on any atom is 0.416 e. The standard InChI is InChI=1S/C20H12BrF6NO3S/c21-14-6-7-18(31-15-4-2-1-3-5-15)17(11-14)28-32(29,30)16-9-12(19(22,23)24)8-13(10-16)20(25,26)27/h1-11,28H. The highest BCUT2D eigenvalue weighted by Gasteiger charge is 2.38. The second-order valence-electron chi connectivity index (χ2n) is 6.40. The second-order valence-corrected chi connectivity index (χ2v) is 9.00. The zero-order chi connectivity index (χ0) is 23.7. The highest BCUT2D eigenvalue weighted by atomic mass is 79.9. The van der Waals surface area contributed by atoms with E-state index in [0.29, 0.717) is 10.2 Å². The van der Waals surface area contributed by atoms with Gasteiger partial charge in [-0.2, -0.15) is 26.3 Å². The monoisotopic (exact) mass is 539 g/mol. The lowest BCUT2D eigenvalue weighted by atomic mass is 10.1. The van der Waals surface area contributed by atoms with Gasteiger partial charge in [0.25, 0.3) is 10.0 Å². The molecule has 3 rings (SSSR count). The van der Waals surface area contributed by atoms with E-state index in [1.807, 2.05) is 4.72 Å². The molecule has 0 fully saturated rings. The number of hydrogen-bond donors (Lipinski definition) is 1. The van der Waals surface area contributed by atoms with Crippen LogP contribution in [0.5, 0.6) is 11.5 Å². The van der Waals surface area contributed by atoms with Crippen LogP contribution in [0.25, 0.3) is 0 Å². The van der Waals surface area contributed by atoms with Crippen LogP contribution in [-0.4, -0.2) is 8.42 Å². The third-order valence-corrected chi connectivity index (χ3v) is 5.87. The van der Waals surface area contributed by atoms with Crippen molar-refractivity contribution in [3.8, 4) is 11.5 Å². The van der Waals surface area contributed by atoms with Gasteiger partial charge < -0.3 is 4.74 Å². The van der Waals surface area contributed by atoms with Gasteiger partial charge in [-0.25, -0.2) is 8.42 Å². The summed E-state index contributed by atoms with van der Waals surface area (Å²) in [5.74, 6) is 0.305. The molecule has 0 aliphatic rings. The number of para-hydroxylation sites is 1. The number of anilines is 1. The lowest BCUT2D eigenvalue weighted by Crippen LogP contribution is -2.17. The maximum absolute atomic E-state index is 13.1. The Morgan fingerprint density at radius 2 is 1.34 bits per heavy atom. The lowest BCUT2D eigenvalue weighted by Gasteiger charge is -2.17. The molecule has 0 spiro atoms. The minimum Gasteiger partial charge on any atom is -0.455 e. The molecular formula is C20H12BrF6NO3S. The first-order valence-corrected chi connectivity index (χ1v) is 10.9. The molecule has 0 radical (unpaired) electrons. The van der Waals surface area contributed by atoms with Crippen molar-refractivity contribution in [3.05, 3.63) is 82.3 Å². The van der Waals surface area contributed by atoms with Gasteiger partial charge in [-0.05, 0) is 48.5 Å². The summed E-state index contributed by atoms with van der Waals surface area (Å²) in [6.45, 7) is 0. The minimum absolute atomic E-state index is 0.0222. The Kier molecular flexibility index (Phi) is 6.47. The van der Waals surface area contributed by atoms with Gasteiger partial charge in [0, 0.05) is 4.47 Å². The van der Waals surface area contributed by atoms with Crippen LogP contribution in [0.2, 0.25) is 0 Å². The highest BCUT2D eigenvalue weighted by molar-refractivity contribution is 9.10. The predicted molar refractivity (Wildman–Crippen MR) is 108 cm³/mol. The fourth-order valence-electron chi connectivity index (χ4n) is 2.57. The molecule has 0 saturated carbocycles. The van der Waals surface area contributed by atoms with Crippen LogP contribution in [0.3, 0.4) is 0 Å². The molecule has 0 aliphatic heterocycles. The van der Waals surface area contributed by atoms with Crippen molar-refractivity contribution in [1.82, 2.24) is 0 Å². The zero-order valence-electron chi connectivity index (χ0n) is 15.6. The van der Waals surface area contributed by atoms with E-state index in [9.17, 15) is 34.8 Å². The summed E-state index contributed by atoms with van der Waals surface area (Å²) in [6.07, 6.45) is -10.4. The van der Waals surface area contributed by atoms with E-state index in [2.05, 4.69) is 15.9 Å². The smallest absolute Gasteiger partial charge is 0.416 e. The molecule has 0 heterocycles. The van der Waals surface area contributed by atoms with Crippen LogP contribution in [0.4, 0.5) is 32.0 Å². The van der Waals surface area contributed by atoms with Crippen LogP contribution in [0, 0.1) is 0 Å². The summed E-state index contributed by atoms with van der Waals surface area (Å²) < 4.78 is 112. The van der Waals surface area contributed by atoms with E-state index in [-0.39, 0.29) is 29.6 Å². The van der Waals surface area contributed by atoms with Crippen molar-refractivity contribution < 1.29 is 39.5 Å². The Bertz CT molecular complexity index is 1200. The average molecular weight is 540 g/mol. The van der Waals surface area contributed by atoms with Gasteiger partial charge in [0.05, 0.1) is 21.7 Å². The van der Waals surface area contributed by atoms with Crippen molar-refractivity contribution >= 4 is 31.6 Å². The largest absolute Gasteiger partial charge is 0.455 e. The zero-order valence-corrected chi connectivity index (χ0v) is 18.0. The van der Waals surface area contributed by atoms with Gasteiger partial charge in [0.2, 0.25) is 0 Å². The number of nitrogens with one attached hydrogen (secondary N) is 1. The van der Waals surface area contributed by atoms with Crippen LogP contribution in [0.15, 0.2) is 76.1 Å². The Labute approximate surface area is 187 Å². The van der Waals surface area contributed by atoms with Crippen molar-refractivity contribution in [2.45, 2.75) is 17.2 Å². The molecule has 0 atom stereocenters. The fourth-order valence-corrected chi connectivity index (χ4v) is 4.06. The van der Waals surface area contributed by atoms with E-state index in [1.54, 1.807) is 30.3 Å². The molecule has 12 heteroatoms. The Hall–Kier alpha value is -2.73. The number of halogens is 7. The molecule has 3 aromatic rings. The molecule has 1 N–H and O–H groups in total. The van der Waals surface area contributed by atoms with Gasteiger partial charge >= 0.3 is 12.4 Å². The van der Waals surface area contributed by atoms with Gasteiger partial charge in [-0.3, -0.25) is 4.72 Å². The summed E-state index contributed by atoms with van der Waals surface area (Å²) in [6, 6.07) is 12.4. The van der Waals surface area contributed by atoms with Crippen molar-refractivity contribution in [3.63, 3.8) is 0 Å². The Balaban J connectivity index is 2.06. The average Bonchev–Trinajstić information content (AvgIpc) is 2.69. The molecule has 0 aromatic heterocycles. The van der Waals surface area contributed by atoms with E-state index < -0.39 is 38.4 Å². The van der Waals surface area contributed by atoms with Gasteiger partial charge in [0.15, 0.2) is 5.75 Å². The van der Waals surface area contributed by atoms with E-state index in [0.717, 1.165) is 0 Å². The number of hydrogen-bond acceptors (Lipinski definition) is 3. The third kappa shape index (κ3) is 5.74. The van der Waals surface area contributed by atoms with Gasteiger partial charge in [-0.15, -0.1) is 0 Å². The number of sulfonamides is 1. The number of benzene rings is 3. The van der Waals surface area contributed by atoms with E-state index >= 15 is 0 Å². The summed E-state index contributed by atoms with van der Waals surface area (Å²) >= 11 is 3.13. The topological polar surface area (TPSA) is 55.4 Å². The first-order valence-electron chi connectivity index (χ1n) is 8.60. The summed E-state index contributed by atoms with van der Waals surface area (Å²) in [7, 11) is -4.86. The molecule has 0 amide bonds. The molecule has 32 heavy (non-hydrogen) atoms. The number of ether oxygens (including phenoxy) is 1. The minimum atomic E-state index is -5.19. The molecule has 0 aliphatic carbocycles. The van der Waals surface area contributed by atoms with Crippen LogP contribution < -0.4 is 9.46 Å². The predicted octanol–water partition coefficient (Wildman–Crippen LogP) is 7.08. The summed E-state index contributed by atoms with van der Waals surface area (Å²) in [4.78, 5) is -1.20. The van der Waals surface area contributed by atoms with Crippen LogP contribution in [-0.2, 0) is 22.4 Å². The number of alkyl halides is 6. The second kappa shape index (κ2) is 8.66. The maximum atomic E-state index is 13.1. The SMILES string of the molecule is O=S(=O)(Nc1cc(Br)ccc1Oc1ccccc1)c1cc(C(F)(F)F)cc(C(F)(F)F)c1. The molecule has 0 unspecified atom stereocenters. The van der Waals surface area contributed by atoms with E-state index in [4.69, 9.17) is 4.74 Å². The molecule has 4 nitrogen and oxygen atoms in total. The van der Waals surface area contributed by atoms with Crippen LogP contribution >= 0.6 is 15.9 Å². The summed E-state index contributed by atoms with van der Waals surface area (Å²) in [5, 5.41) is 0. The quantitative estimate of drug-likeness (QED) is 0.352. The van der Waals surface area contributed by atoms with Gasteiger partial charge in [0.1, 0.15) is 5.75 Å². The van der Waals surface area contributed by atoms with E-state index in [1.165, 1.54) is 18.2 Å². The highest BCUT2D eigenvalue weighted by Crippen LogP contribution is 2.38. The van der Waals surface area contributed by atoms with Crippen molar-refractivity contribution in [2.24, 2.45) is 0 Å². The number of rotatable bonds is 5. The van der Waals surface area contributed by atoms with Crippen molar-refractivity contribution in [1.29, 1.82) is 0 Å². The third-order valence-electron chi connectivity index (χ3n) is 4.03. The molecule has 0 bridgehead atoms. The molecule has 0 saturated heterocycles. The molecule has 3 aromatic carbocycles. The summed E-state index contributed by atoms with van der Waals surface area (Å²) in [5.41, 5.74) is -3.69.